The molecule has 3 aromatic rings. The van der Waals surface area contributed by atoms with Crippen LogP contribution in [0.15, 0.2) is 41.4 Å². The lowest BCUT2D eigenvalue weighted by molar-refractivity contribution is -0.117. The van der Waals surface area contributed by atoms with Gasteiger partial charge in [-0.1, -0.05) is 30.0 Å². The maximum absolute atomic E-state index is 12.9. The van der Waals surface area contributed by atoms with Crippen LogP contribution in [-0.2, 0) is 17.6 Å². The molecule has 5 rings (SSSR count). The molecule has 0 bridgehead atoms. The van der Waals surface area contributed by atoms with Gasteiger partial charge in [-0.15, -0.1) is 0 Å². The number of thioether (sulfide) groups is 1. The zero-order valence-electron chi connectivity index (χ0n) is 16.6. The molecule has 5 heteroatoms. The number of nitrogens with zero attached hydrogens (tertiary/aromatic N) is 2. The van der Waals surface area contributed by atoms with Gasteiger partial charge in [-0.2, -0.15) is 0 Å². The summed E-state index contributed by atoms with van der Waals surface area (Å²) >= 11 is 1.48. The van der Waals surface area contributed by atoms with E-state index in [4.69, 9.17) is 4.98 Å². The molecule has 2 aromatic carbocycles. The van der Waals surface area contributed by atoms with Crippen molar-refractivity contribution in [3.05, 3.63) is 64.2 Å². The van der Waals surface area contributed by atoms with E-state index in [1.165, 1.54) is 17.3 Å². The topological polar surface area (TPSA) is 50.3 Å². The Bertz CT molecular complexity index is 1190. The molecule has 0 N–H and O–H groups in total. The predicted octanol–water partition coefficient (Wildman–Crippen LogP) is 4.66. The Hall–Kier alpha value is -2.66. The third kappa shape index (κ3) is 3.14. The first kappa shape index (κ1) is 18.4. The van der Waals surface area contributed by atoms with Crippen LogP contribution < -0.4 is 4.90 Å². The van der Waals surface area contributed by atoms with Gasteiger partial charge in [-0.25, -0.2) is 4.98 Å². The number of ketones is 1. The Morgan fingerprint density at radius 3 is 2.83 bits per heavy atom. The van der Waals surface area contributed by atoms with E-state index in [9.17, 15) is 9.59 Å². The molecule has 0 fully saturated rings. The van der Waals surface area contributed by atoms with Gasteiger partial charge in [0.1, 0.15) is 0 Å². The summed E-state index contributed by atoms with van der Waals surface area (Å²) in [6, 6.07) is 12.2. The number of rotatable bonds is 4. The van der Waals surface area contributed by atoms with E-state index >= 15 is 0 Å². The fourth-order valence-corrected chi connectivity index (χ4v) is 5.33. The molecular weight excluding hydrogens is 380 g/mol. The number of aryl methyl sites for hydroxylation is 3. The van der Waals surface area contributed by atoms with Crippen LogP contribution in [-0.4, -0.2) is 29.0 Å². The van der Waals surface area contributed by atoms with Crippen molar-refractivity contribution in [1.29, 1.82) is 0 Å². The molecule has 0 saturated heterocycles. The first-order valence-electron chi connectivity index (χ1n) is 10.0. The van der Waals surface area contributed by atoms with Crippen LogP contribution in [0.25, 0.3) is 10.9 Å². The van der Waals surface area contributed by atoms with Crippen LogP contribution in [0.2, 0.25) is 0 Å². The van der Waals surface area contributed by atoms with Crippen molar-refractivity contribution in [2.75, 3.05) is 17.2 Å². The molecule has 3 heterocycles. The highest BCUT2D eigenvalue weighted by atomic mass is 32.2. The van der Waals surface area contributed by atoms with E-state index in [2.05, 4.69) is 38.1 Å². The second kappa shape index (κ2) is 6.99. The Kier molecular flexibility index (Phi) is 4.43. The highest BCUT2D eigenvalue weighted by Crippen LogP contribution is 2.38. The van der Waals surface area contributed by atoms with Gasteiger partial charge in [0, 0.05) is 17.5 Å². The van der Waals surface area contributed by atoms with E-state index in [1.54, 1.807) is 0 Å². The number of hydrogen-bond donors (Lipinski definition) is 0. The molecule has 4 nitrogen and oxygen atoms in total. The largest absolute Gasteiger partial charge is 0.312 e. The first-order valence-corrected chi connectivity index (χ1v) is 11.0. The lowest BCUT2D eigenvalue weighted by Gasteiger charge is -2.25. The van der Waals surface area contributed by atoms with Gasteiger partial charge in [0.2, 0.25) is 5.91 Å². The fraction of sp³-hybridized carbons (Fsp3) is 0.292. The van der Waals surface area contributed by atoms with Crippen molar-refractivity contribution in [1.82, 2.24) is 4.98 Å². The minimum absolute atomic E-state index is 0.0925. The molecule has 1 amide bonds. The Morgan fingerprint density at radius 1 is 1.14 bits per heavy atom. The van der Waals surface area contributed by atoms with Crippen molar-refractivity contribution < 1.29 is 9.59 Å². The van der Waals surface area contributed by atoms with Gasteiger partial charge < -0.3 is 4.90 Å². The summed E-state index contributed by atoms with van der Waals surface area (Å²) in [6.07, 6.45) is 2.32. The standard InChI is InChI=1S/C24H22N2O2S/c1-14-5-3-7-19-15(2)9-21(25-23(14)19)29-13-20(27)17-10-16-6-4-8-26-22(28)12-18(11-17)24(16)26/h3,5,7,9-11H,4,6,8,12-13H2,1-2H3. The average Bonchev–Trinajstić information content (AvgIpc) is 3.04. The average molecular weight is 403 g/mol. The number of benzene rings is 2. The van der Waals surface area contributed by atoms with Crippen molar-refractivity contribution >= 4 is 40.0 Å². The molecule has 0 spiro atoms. The van der Waals surface area contributed by atoms with Gasteiger partial charge in [0.05, 0.1) is 28.4 Å². The molecule has 2 aliphatic rings. The molecule has 29 heavy (non-hydrogen) atoms. The van der Waals surface area contributed by atoms with Crippen molar-refractivity contribution in [2.45, 2.75) is 38.1 Å². The predicted molar refractivity (Wildman–Crippen MR) is 117 cm³/mol. The van der Waals surface area contributed by atoms with E-state index < -0.39 is 0 Å². The summed E-state index contributed by atoms with van der Waals surface area (Å²) in [7, 11) is 0. The van der Waals surface area contributed by atoms with Crippen LogP contribution >= 0.6 is 11.8 Å². The van der Waals surface area contributed by atoms with Gasteiger partial charge in [0.25, 0.3) is 0 Å². The van der Waals surface area contributed by atoms with Crippen LogP contribution in [0.1, 0.15) is 39.0 Å². The number of Topliss-reactive ketones (excluding diaryl/α,β-unsaturated/α-hetero) is 1. The summed E-state index contributed by atoms with van der Waals surface area (Å²) in [5.74, 6) is 0.598. The van der Waals surface area contributed by atoms with Crippen molar-refractivity contribution in [2.24, 2.45) is 0 Å². The number of pyridine rings is 1. The number of hydrogen-bond acceptors (Lipinski definition) is 4. The van der Waals surface area contributed by atoms with Crippen molar-refractivity contribution in [3.63, 3.8) is 0 Å². The maximum atomic E-state index is 12.9. The Balaban J connectivity index is 1.40. The third-order valence-electron chi connectivity index (χ3n) is 5.91. The van der Waals surface area contributed by atoms with Gasteiger partial charge >= 0.3 is 0 Å². The number of anilines is 1. The van der Waals surface area contributed by atoms with Crippen molar-refractivity contribution in [3.8, 4) is 0 Å². The first-order chi connectivity index (χ1) is 14.0. The van der Waals surface area contributed by atoms with Gasteiger partial charge in [-0.05, 0) is 67.1 Å². The van der Waals surface area contributed by atoms with E-state index in [0.29, 0.717) is 12.2 Å². The highest BCUT2D eigenvalue weighted by molar-refractivity contribution is 7.99. The smallest absolute Gasteiger partial charge is 0.231 e. The quantitative estimate of drug-likeness (QED) is 0.470. The molecule has 0 unspecified atom stereocenters. The molecule has 146 valence electrons. The summed E-state index contributed by atoms with van der Waals surface area (Å²) in [4.78, 5) is 31.8. The maximum Gasteiger partial charge on any atom is 0.231 e. The molecule has 0 saturated carbocycles. The molecule has 2 aliphatic heterocycles. The molecule has 0 atom stereocenters. The van der Waals surface area contributed by atoms with Gasteiger partial charge in [0.15, 0.2) is 5.78 Å². The number of carbonyl (C=O) groups excluding carboxylic acids is 2. The van der Waals surface area contributed by atoms with E-state index in [-0.39, 0.29) is 11.7 Å². The zero-order chi connectivity index (χ0) is 20.1. The van der Waals surface area contributed by atoms with Crippen LogP contribution in [0.3, 0.4) is 0 Å². The third-order valence-corrected chi connectivity index (χ3v) is 6.82. The minimum Gasteiger partial charge on any atom is -0.312 e. The lowest BCUT2D eigenvalue weighted by Crippen LogP contribution is -2.31. The lowest BCUT2D eigenvalue weighted by atomic mass is 9.96. The van der Waals surface area contributed by atoms with Gasteiger partial charge in [-0.3, -0.25) is 9.59 Å². The monoisotopic (exact) mass is 402 g/mol. The Labute approximate surface area is 174 Å². The highest BCUT2D eigenvalue weighted by Gasteiger charge is 2.32. The number of aromatic nitrogens is 1. The normalized spacial score (nSPS) is 15.1. The van der Waals surface area contributed by atoms with E-state index in [0.717, 1.165) is 63.3 Å². The SMILES string of the molecule is Cc1cc(SCC(=O)c2cc3c4c(c2)CC(=O)N4CCC3)nc2c(C)cccc12. The number of para-hydroxylation sites is 1. The molecular formula is C24H22N2O2S. The van der Waals surface area contributed by atoms with Crippen LogP contribution in [0.5, 0.6) is 0 Å². The summed E-state index contributed by atoms with van der Waals surface area (Å²) < 4.78 is 0. The summed E-state index contributed by atoms with van der Waals surface area (Å²) in [5, 5.41) is 2.04. The molecule has 0 radical (unpaired) electrons. The molecule has 0 aliphatic carbocycles. The summed E-state index contributed by atoms with van der Waals surface area (Å²) in [5.41, 5.74) is 7.26. The Morgan fingerprint density at radius 2 is 1.97 bits per heavy atom. The number of carbonyl (C=O) groups is 2. The van der Waals surface area contributed by atoms with E-state index in [1.807, 2.05) is 17.0 Å². The summed E-state index contributed by atoms with van der Waals surface area (Å²) in [6.45, 7) is 4.95. The molecule has 1 aromatic heterocycles. The minimum atomic E-state index is 0.0925. The van der Waals surface area contributed by atoms with Crippen LogP contribution in [0.4, 0.5) is 5.69 Å². The zero-order valence-corrected chi connectivity index (χ0v) is 17.4. The second-order valence-corrected chi connectivity index (χ2v) is 8.92. The second-order valence-electron chi connectivity index (χ2n) is 7.93. The fourth-order valence-electron chi connectivity index (χ4n) is 4.47. The number of amides is 1. The number of fused-ring (bicyclic) bond motifs is 1. The van der Waals surface area contributed by atoms with Crippen LogP contribution in [0, 0.1) is 13.8 Å².